The van der Waals surface area contributed by atoms with E-state index in [1.807, 2.05) is 24.3 Å². The highest BCUT2D eigenvalue weighted by molar-refractivity contribution is 9.08. The van der Waals surface area contributed by atoms with Crippen LogP contribution in [0.4, 0.5) is 0 Å². The van der Waals surface area contributed by atoms with Gasteiger partial charge in [-0.2, -0.15) is 0 Å². The van der Waals surface area contributed by atoms with Gasteiger partial charge in [-0.3, -0.25) is 4.79 Å². The number of benzene rings is 1. The molecule has 1 atom stereocenters. The molecule has 0 spiro atoms. The number of amides is 1. The van der Waals surface area contributed by atoms with E-state index in [0.29, 0.717) is 32.9 Å². The van der Waals surface area contributed by atoms with Gasteiger partial charge in [-0.05, 0) is 11.1 Å². The zero-order valence-corrected chi connectivity index (χ0v) is 13.5. The molecule has 0 aromatic heterocycles. The van der Waals surface area contributed by atoms with Crippen LogP contribution in [0.2, 0.25) is 0 Å². The zero-order valence-electron chi connectivity index (χ0n) is 12.0. The van der Waals surface area contributed by atoms with Crippen molar-refractivity contribution < 1.29 is 14.3 Å². The van der Waals surface area contributed by atoms with Gasteiger partial charge < -0.3 is 14.4 Å². The monoisotopic (exact) mass is 353 g/mol. The molecule has 0 unspecified atom stereocenters. The molecule has 1 saturated heterocycles. The molecule has 1 heterocycles. The Morgan fingerprint density at radius 3 is 2.52 bits per heavy atom. The summed E-state index contributed by atoms with van der Waals surface area (Å²) in [5, 5.41) is 0.832. The molecule has 4 nitrogen and oxygen atoms in total. The maximum absolute atomic E-state index is 12.3. The maximum Gasteiger partial charge on any atom is 0.255 e. The first-order chi connectivity index (χ1) is 10.2. The van der Waals surface area contributed by atoms with Crippen LogP contribution in [-0.2, 0) is 26.2 Å². The van der Waals surface area contributed by atoms with Gasteiger partial charge in [-0.1, -0.05) is 52.9 Å². The third-order valence-electron chi connectivity index (χ3n) is 3.39. The summed E-state index contributed by atoms with van der Waals surface area (Å²) in [5.74, 6) is -0.0367. The lowest BCUT2D eigenvalue weighted by atomic mass is 10.2. The van der Waals surface area contributed by atoms with Crippen molar-refractivity contribution in [1.29, 1.82) is 0 Å². The van der Waals surface area contributed by atoms with Crippen LogP contribution in [0.3, 0.4) is 0 Å². The highest BCUT2D eigenvalue weighted by Crippen LogP contribution is 2.11. The van der Waals surface area contributed by atoms with E-state index in [9.17, 15) is 4.79 Å². The minimum Gasteiger partial charge on any atom is -0.378 e. The summed E-state index contributed by atoms with van der Waals surface area (Å²) in [6.45, 7) is 6.51. The smallest absolute Gasteiger partial charge is 0.255 e. The number of hydrogen-bond donors (Lipinski definition) is 0. The molecule has 114 valence electrons. The number of hydrogen-bond acceptors (Lipinski definition) is 3. The van der Waals surface area contributed by atoms with Crippen molar-refractivity contribution >= 4 is 21.8 Å². The molecular weight excluding hydrogens is 334 g/mol. The van der Waals surface area contributed by atoms with Gasteiger partial charge in [0.25, 0.3) is 5.91 Å². The van der Waals surface area contributed by atoms with E-state index in [1.165, 1.54) is 5.56 Å². The van der Waals surface area contributed by atoms with Crippen molar-refractivity contribution in [3.05, 3.63) is 48.0 Å². The lowest BCUT2D eigenvalue weighted by Crippen LogP contribution is -2.45. The van der Waals surface area contributed by atoms with Crippen molar-refractivity contribution in [1.82, 2.24) is 4.90 Å². The molecule has 1 aromatic rings. The average Bonchev–Trinajstić information content (AvgIpc) is 2.56. The van der Waals surface area contributed by atoms with E-state index in [1.54, 1.807) is 11.0 Å². The van der Waals surface area contributed by atoms with Gasteiger partial charge in [0, 0.05) is 18.4 Å². The second-order valence-electron chi connectivity index (χ2n) is 4.86. The second-order valence-corrected chi connectivity index (χ2v) is 5.42. The van der Waals surface area contributed by atoms with Crippen molar-refractivity contribution in [2.24, 2.45) is 0 Å². The lowest BCUT2D eigenvalue weighted by Gasteiger charge is -2.29. The molecule has 1 aromatic carbocycles. The number of carbonyl (C=O) groups is 1. The number of alkyl halides is 1. The van der Waals surface area contributed by atoms with E-state index in [4.69, 9.17) is 9.47 Å². The molecule has 0 N–H and O–H groups in total. The zero-order chi connectivity index (χ0) is 15.1. The normalized spacial score (nSPS) is 16.5. The maximum atomic E-state index is 12.3. The molecule has 1 amide bonds. The minimum atomic E-state index is -0.598. The van der Waals surface area contributed by atoms with E-state index < -0.39 is 6.10 Å². The fourth-order valence-electron chi connectivity index (χ4n) is 2.11. The molecule has 21 heavy (non-hydrogen) atoms. The topological polar surface area (TPSA) is 38.8 Å². The summed E-state index contributed by atoms with van der Waals surface area (Å²) >= 11 is 3.41. The molecule has 0 radical (unpaired) electrons. The first-order valence-corrected chi connectivity index (χ1v) is 8.11. The Morgan fingerprint density at radius 2 is 1.95 bits per heavy atom. The van der Waals surface area contributed by atoms with Crippen LogP contribution in [0.5, 0.6) is 0 Å². The molecule has 1 fully saturated rings. The molecule has 1 aliphatic heterocycles. The Hall–Kier alpha value is -1.17. The molecule has 0 saturated carbocycles. The van der Waals surface area contributed by atoms with E-state index in [0.717, 1.165) is 10.9 Å². The summed E-state index contributed by atoms with van der Waals surface area (Å²) in [5.41, 5.74) is 2.25. The number of carbonyl (C=O) groups excluding carboxylic acids is 1. The first kappa shape index (κ1) is 16.2. The largest absolute Gasteiger partial charge is 0.378 e. The van der Waals surface area contributed by atoms with Crippen molar-refractivity contribution in [2.45, 2.75) is 18.0 Å². The third kappa shape index (κ3) is 4.66. The number of ether oxygens (including phenoxy) is 2. The van der Waals surface area contributed by atoms with Crippen molar-refractivity contribution in [2.75, 3.05) is 26.3 Å². The van der Waals surface area contributed by atoms with E-state index >= 15 is 0 Å². The van der Waals surface area contributed by atoms with E-state index in [-0.39, 0.29) is 5.91 Å². The van der Waals surface area contributed by atoms with Crippen molar-refractivity contribution in [3.63, 3.8) is 0 Å². The van der Waals surface area contributed by atoms with Crippen molar-refractivity contribution in [3.8, 4) is 0 Å². The Morgan fingerprint density at radius 1 is 1.33 bits per heavy atom. The average molecular weight is 354 g/mol. The quantitative estimate of drug-likeness (QED) is 0.582. The molecule has 2 rings (SSSR count). The summed E-state index contributed by atoms with van der Waals surface area (Å²) in [4.78, 5) is 14.1. The Balaban J connectivity index is 1.88. The predicted octanol–water partition coefficient (Wildman–Crippen LogP) is 2.51. The molecule has 0 aliphatic carbocycles. The van der Waals surface area contributed by atoms with Crippen LogP contribution in [-0.4, -0.2) is 43.2 Å². The summed E-state index contributed by atoms with van der Waals surface area (Å²) in [6, 6.07) is 8.10. The number of halogens is 1. The van der Waals surface area contributed by atoms with Gasteiger partial charge in [0.2, 0.25) is 0 Å². The molecule has 1 aliphatic rings. The van der Waals surface area contributed by atoms with Gasteiger partial charge in [-0.15, -0.1) is 0 Å². The van der Waals surface area contributed by atoms with Gasteiger partial charge >= 0.3 is 0 Å². The lowest BCUT2D eigenvalue weighted by molar-refractivity contribution is -0.145. The van der Waals surface area contributed by atoms with Crippen LogP contribution in [0.15, 0.2) is 36.9 Å². The summed E-state index contributed by atoms with van der Waals surface area (Å²) < 4.78 is 11.0. The summed E-state index contributed by atoms with van der Waals surface area (Å²) in [7, 11) is 0. The number of rotatable bonds is 6. The number of morpholine rings is 1. The van der Waals surface area contributed by atoms with Crippen LogP contribution in [0.25, 0.3) is 0 Å². The highest BCUT2D eigenvalue weighted by atomic mass is 79.9. The fraction of sp³-hybridized carbons (Fsp3) is 0.438. The highest BCUT2D eigenvalue weighted by Gasteiger charge is 2.24. The Labute approximate surface area is 133 Å². The molecular formula is C16H20BrNO3. The first-order valence-electron chi connectivity index (χ1n) is 6.99. The minimum absolute atomic E-state index is 0.0367. The van der Waals surface area contributed by atoms with Crippen LogP contribution >= 0.6 is 15.9 Å². The van der Waals surface area contributed by atoms with Gasteiger partial charge in [-0.25, -0.2) is 0 Å². The van der Waals surface area contributed by atoms with E-state index in [2.05, 4.69) is 22.5 Å². The predicted molar refractivity (Wildman–Crippen MR) is 85.2 cm³/mol. The Bertz CT molecular complexity index is 469. The van der Waals surface area contributed by atoms with Crippen LogP contribution in [0, 0.1) is 0 Å². The van der Waals surface area contributed by atoms with Gasteiger partial charge in [0.1, 0.15) is 0 Å². The van der Waals surface area contributed by atoms with Crippen LogP contribution < -0.4 is 0 Å². The SMILES string of the molecule is C=C[C@@H](OCc1ccc(CBr)cc1)C(=O)N1CCOCC1. The molecule has 0 bridgehead atoms. The standard InChI is InChI=1S/C16H20BrNO3/c1-2-15(16(19)18-7-9-20-10-8-18)21-12-14-5-3-13(11-17)4-6-14/h2-6,15H,1,7-12H2/t15-/m1/s1. The fourth-order valence-corrected chi connectivity index (χ4v) is 2.49. The third-order valence-corrected chi connectivity index (χ3v) is 4.03. The second kappa shape index (κ2) is 8.32. The molecule has 5 heteroatoms. The van der Waals surface area contributed by atoms with Crippen LogP contribution in [0.1, 0.15) is 11.1 Å². The summed E-state index contributed by atoms with van der Waals surface area (Å²) in [6.07, 6.45) is 0.962. The Kier molecular flexibility index (Phi) is 6.42. The number of nitrogens with zero attached hydrogens (tertiary/aromatic N) is 1. The van der Waals surface area contributed by atoms with Gasteiger partial charge in [0.05, 0.1) is 19.8 Å². The van der Waals surface area contributed by atoms with Gasteiger partial charge in [0.15, 0.2) is 6.10 Å².